The molecule has 218 valence electrons. The fourth-order valence-electron chi connectivity index (χ4n) is 3.48. The second-order valence-corrected chi connectivity index (χ2v) is 9.11. The number of halogens is 1. The minimum atomic E-state index is -1.46. The monoisotopic (exact) mass is 581 g/mol. The lowest BCUT2D eigenvalue weighted by atomic mass is 10.1. The van der Waals surface area contributed by atoms with Crippen LogP contribution in [0.5, 0.6) is 0 Å². The predicted molar refractivity (Wildman–Crippen MR) is 145 cm³/mol. The molecule has 1 heterocycles. The zero-order valence-electron chi connectivity index (χ0n) is 21.5. The largest absolute Gasteiger partial charge is 0.481 e. The van der Waals surface area contributed by atoms with E-state index in [4.69, 9.17) is 22.4 Å². The number of carbonyl (C=O) groups is 4. The summed E-state index contributed by atoms with van der Waals surface area (Å²) in [4.78, 5) is 45.4. The van der Waals surface area contributed by atoms with Gasteiger partial charge >= 0.3 is 23.9 Å². The lowest BCUT2D eigenvalue weighted by Gasteiger charge is -2.18. The molecule has 0 saturated carbocycles. The van der Waals surface area contributed by atoms with Gasteiger partial charge in [-0.15, -0.1) is 5.10 Å². The van der Waals surface area contributed by atoms with Gasteiger partial charge in [0.2, 0.25) is 0 Å². The van der Waals surface area contributed by atoms with E-state index in [0.29, 0.717) is 43.0 Å². The van der Waals surface area contributed by atoms with Gasteiger partial charge in [-0.25, -0.2) is 19.1 Å². The number of carboxylic acid groups (broad SMARTS) is 3. The van der Waals surface area contributed by atoms with Gasteiger partial charge in [-0.2, -0.15) is 0 Å². The third-order valence-electron chi connectivity index (χ3n) is 5.56. The van der Waals surface area contributed by atoms with Crippen LogP contribution in [0.1, 0.15) is 44.2 Å². The Morgan fingerprint density at radius 2 is 1.60 bits per heavy atom. The molecular weight excluding hydrogens is 549 g/mol. The SMILES string of the molecule is O=C(O)CC[C@H](NC(=O)N[C@@H](CCCCNC(=S)Nc1ccc(-n2cc(CCCF)nn2)cc1)C(=O)O)C(=O)O. The van der Waals surface area contributed by atoms with Crippen LogP contribution >= 0.6 is 12.2 Å². The number of unbranched alkanes of at least 4 members (excludes halogenated alkanes) is 1. The molecular formula is C24H32FN7O7S. The fraction of sp³-hybridized carbons (Fsp3) is 0.458. The Hall–Kier alpha value is -4.34. The number of rotatable bonds is 17. The van der Waals surface area contributed by atoms with Crippen molar-refractivity contribution in [3.63, 3.8) is 0 Å². The van der Waals surface area contributed by atoms with Crippen molar-refractivity contribution in [2.45, 2.75) is 57.0 Å². The van der Waals surface area contributed by atoms with Crippen molar-refractivity contribution in [3.05, 3.63) is 36.2 Å². The first kappa shape index (κ1) is 31.9. The second kappa shape index (κ2) is 16.6. The van der Waals surface area contributed by atoms with Gasteiger partial charge < -0.3 is 36.6 Å². The number of carbonyl (C=O) groups excluding carboxylic acids is 1. The van der Waals surface area contributed by atoms with E-state index in [1.165, 1.54) is 0 Å². The molecule has 40 heavy (non-hydrogen) atoms. The number of hydrogen-bond acceptors (Lipinski definition) is 7. The van der Waals surface area contributed by atoms with E-state index in [9.17, 15) is 28.7 Å². The highest BCUT2D eigenvalue weighted by molar-refractivity contribution is 7.80. The highest BCUT2D eigenvalue weighted by Gasteiger charge is 2.24. The summed E-state index contributed by atoms with van der Waals surface area (Å²) in [5, 5.41) is 45.9. The van der Waals surface area contributed by atoms with E-state index < -0.39 is 49.1 Å². The van der Waals surface area contributed by atoms with E-state index >= 15 is 0 Å². The Bertz CT molecular complexity index is 1160. The Kier molecular flexibility index (Phi) is 13.2. The third kappa shape index (κ3) is 11.6. The summed E-state index contributed by atoms with van der Waals surface area (Å²) in [6, 6.07) is 3.50. The van der Waals surface area contributed by atoms with Crippen molar-refractivity contribution in [1.82, 2.24) is 30.9 Å². The van der Waals surface area contributed by atoms with Crippen LogP contribution in [0.15, 0.2) is 30.5 Å². The minimum absolute atomic E-state index is 0.0801. The van der Waals surface area contributed by atoms with Crippen molar-refractivity contribution >= 4 is 47.0 Å². The number of anilines is 1. The number of benzene rings is 1. The minimum Gasteiger partial charge on any atom is -0.481 e. The van der Waals surface area contributed by atoms with Crippen LogP contribution in [-0.2, 0) is 20.8 Å². The molecule has 0 spiro atoms. The number of aryl methyl sites for hydroxylation is 1. The van der Waals surface area contributed by atoms with E-state index in [1.54, 1.807) is 23.0 Å². The molecule has 2 amide bonds. The summed E-state index contributed by atoms with van der Waals surface area (Å²) in [6.07, 6.45) is 2.87. The average molecular weight is 582 g/mol. The summed E-state index contributed by atoms with van der Waals surface area (Å²) in [6.45, 7) is 0.0225. The molecule has 0 bridgehead atoms. The Labute approximate surface area is 234 Å². The van der Waals surface area contributed by atoms with Crippen LogP contribution in [0, 0.1) is 0 Å². The number of aliphatic carboxylic acids is 3. The maximum Gasteiger partial charge on any atom is 0.326 e. The van der Waals surface area contributed by atoms with Crippen molar-refractivity contribution in [1.29, 1.82) is 0 Å². The summed E-state index contributed by atoms with van der Waals surface area (Å²) in [7, 11) is 0. The van der Waals surface area contributed by atoms with Crippen LogP contribution in [0.3, 0.4) is 0 Å². The molecule has 2 rings (SSSR count). The zero-order valence-corrected chi connectivity index (χ0v) is 22.3. The van der Waals surface area contributed by atoms with Crippen molar-refractivity contribution < 1.29 is 38.9 Å². The summed E-state index contributed by atoms with van der Waals surface area (Å²) >= 11 is 5.28. The average Bonchev–Trinajstić information content (AvgIpc) is 3.38. The highest BCUT2D eigenvalue weighted by atomic mass is 32.1. The Morgan fingerprint density at radius 3 is 2.20 bits per heavy atom. The van der Waals surface area contributed by atoms with Crippen LogP contribution in [0.2, 0.25) is 0 Å². The van der Waals surface area contributed by atoms with Crippen LogP contribution in [0.4, 0.5) is 14.9 Å². The molecule has 16 heteroatoms. The van der Waals surface area contributed by atoms with Gasteiger partial charge in [0.15, 0.2) is 5.11 Å². The Morgan fingerprint density at radius 1 is 0.950 bits per heavy atom. The predicted octanol–water partition coefficient (Wildman–Crippen LogP) is 1.70. The van der Waals surface area contributed by atoms with Gasteiger partial charge in [-0.3, -0.25) is 9.18 Å². The topological polar surface area (TPSA) is 208 Å². The van der Waals surface area contributed by atoms with Crippen molar-refractivity contribution in [3.8, 4) is 5.69 Å². The van der Waals surface area contributed by atoms with Crippen molar-refractivity contribution in [2.75, 3.05) is 18.5 Å². The molecule has 14 nitrogen and oxygen atoms in total. The quantitative estimate of drug-likeness (QED) is 0.105. The lowest BCUT2D eigenvalue weighted by molar-refractivity contribution is -0.140. The number of carboxylic acids is 3. The molecule has 2 atom stereocenters. The normalized spacial score (nSPS) is 12.1. The summed E-state index contributed by atoms with van der Waals surface area (Å²) in [5.74, 6) is -3.93. The molecule has 1 aromatic carbocycles. The van der Waals surface area contributed by atoms with E-state index in [0.717, 1.165) is 11.4 Å². The van der Waals surface area contributed by atoms with Gasteiger partial charge in [0.25, 0.3) is 0 Å². The van der Waals surface area contributed by atoms with Gasteiger partial charge in [0.05, 0.1) is 24.3 Å². The van der Waals surface area contributed by atoms with Gasteiger partial charge in [-0.1, -0.05) is 5.21 Å². The lowest BCUT2D eigenvalue weighted by Crippen LogP contribution is -2.51. The van der Waals surface area contributed by atoms with E-state index in [-0.39, 0.29) is 12.8 Å². The number of alkyl halides is 1. The van der Waals surface area contributed by atoms with E-state index in [2.05, 4.69) is 31.6 Å². The Balaban J connectivity index is 1.71. The number of urea groups is 1. The number of thiocarbonyl (C=S) groups is 1. The molecule has 0 aliphatic rings. The molecule has 0 saturated heterocycles. The van der Waals surface area contributed by atoms with Crippen LogP contribution in [0.25, 0.3) is 5.69 Å². The summed E-state index contributed by atoms with van der Waals surface area (Å²) in [5.41, 5.74) is 2.21. The number of nitrogens with one attached hydrogen (secondary N) is 4. The molecule has 1 aromatic heterocycles. The van der Waals surface area contributed by atoms with Crippen LogP contribution in [-0.4, -0.2) is 84.7 Å². The molecule has 0 aliphatic carbocycles. The van der Waals surface area contributed by atoms with E-state index in [1.807, 2.05) is 12.1 Å². The molecule has 0 radical (unpaired) electrons. The van der Waals surface area contributed by atoms with Crippen molar-refractivity contribution in [2.24, 2.45) is 0 Å². The first-order valence-corrected chi connectivity index (χ1v) is 12.9. The standard InChI is InChI=1S/C24H32FN7O7S/c25-12-3-4-16-14-32(31-30-16)17-8-6-15(7-9-17)27-24(40)26-13-2-1-5-18(21(35)36)28-23(39)29-19(22(37)38)10-11-20(33)34/h6-9,14,18-19H,1-5,10-13H2,(H,33,34)(H,35,36)(H,37,38)(H2,26,27,40)(H2,28,29,39)/t18-,19-/m0/s1. The summed E-state index contributed by atoms with van der Waals surface area (Å²) < 4.78 is 13.9. The van der Waals surface area contributed by atoms with Gasteiger partial charge in [0.1, 0.15) is 12.1 Å². The number of amides is 2. The molecule has 0 fully saturated rings. The zero-order chi connectivity index (χ0) is 29.5. The molecule has 0 unspecified atom stereocenters. The molecule has 2 aromatic rings. The smallest absolute Gasteiger partial charge is 0.326 e. The number of hydrogen-bond donors (Lipinski definition) is 7. The number of nitrogens with zero attached hydrogens (tertiary/aromatic N) is 3. The maximum absolute atomic E-state index is 12.3. The highest BCUT2D eigenvalue weighted by Crippen LogP contribution is 2.13. The molecule has 7 N–H and O–H groups in total. The first-order valence-electron chi connectivity index (χ1n) is 12.5. The number of aromatic nitrogens is 3. The van der Waals surface area contributed by atoms with Gasteiger partial charge in [-0.05, 0) is 75.0 Å². The van der Waals surface area contributed by atoms with Gasteiger partial charge in [0, 0.05) is 18.7 Å². The second-order valence-electron chi connectivity index (χ2n) is 8.70. The van der Waals surface area contributed by atoms with Crippen LogP contribution < -0.4 is 21.3 Å². The third-order valence-corrected chi connectivity index (χ3v) is 5.80. The fourth-order valence-corrected chi connectivity index (χ4v) is 3.70. The molecule has 0 aliphatic heterocycles. The first-order chi connectivity index (χ1) is 19.1. The maximum atomic E-state index is 12.3.